The van der Waals surface area contributed by atoms with E-state index in [0.29, 0.717) is 18.1 Å². The first kappa shape index (κ1) is 17.3. The van der Waals surface area contributed by atoms with E-state index in [0.717, 1.165) is 30.4 Å². The number of hydrogen-bond acceptors (Lipinski definition) is 4. The Hall–Kier alpha value is -2.14. The van der Waals surface area contributed by atoms with Gasteiger partial charge in [0.2, 0.25) is 5.91 Å². The predicted octanol–water partition coefficient (Wildman–Crippen LogP) is 3.29. The zero-order valence-electron chi connectivity index (χ0n) is 14.9. The zero-order valence-corrected chi connectivity index (χ0v) is 15.7. The largest absolute Gasteiger partial charge is 0.351 e. The third-order valence-electron chi connectivity index (χ3n) is 5.27. The summed E-state index contributed by atoms with van der Waals surface area (Å²) in [4.78, 5) is 16.9. The van der Waals surface area contributed by atoms with Crippen LogP contribution in [0.5, 0.6) is 0 Å². The molecule has 1 amide bonds. The van der Waals surface area contributed by atoms with Crippen molar-refractivity contribution in [2.45, 2.75) is 38.1 Å². The van der Waals surface area contributed by atoms with Gasteiger partial charge in [-0.25, -0.2) is 0 Å². The second-order valence-corrected chi connectivity index (χ2v) is 7.68. The number of anilines is 1. The van der Waals surface area contributed by atoms with Crippen molar-refractivity contribution in [2.75, 3.05) is 24.5 Å². The molecule has 26 heavy (non-hydrogen) atoms. The van der Waals surface area contributed by atoms with Crippen LogP contribution in [0.25, 0.3) is 0 Å². The smallest absolute Gasteiger partial charge is 0.227 e. The van der Waals surface area contributed by atoms with E-state index in [4.69, 9.17) is 11.6 Å². The van der Waals surface area contributed by atoms with Crippen molar-refractivity contribution in [3.05, 3.63) is 52.7 Å². The summed E-state index contributed by atoms with van der Waals surface area (Å²) in [6, 6.07) is 12.3. The lowest BCUT2D eigenvalue weighted by Crippen LogP contribution is -2.54. The van der Waals surface area contributed by atoms with Gasteiger partial charge in [-0.15, -0.1) is 10.2 Å². The Morgan fingerprint density at radius 3 is 2.50 bits per heavy atom. The summed E-state index contributed by atoms with van der Waals surface area (Å²) >= 11 is 5.81. The average Bonchev–Trinajstić information content (AvgIpc) is 3.48. The summed E-state index contributed by atoms with van der Waals surface area (Å²) in [5.74, 6) is 1.76. The number of hydrogen-bond donors (Lipinski definition) is 0. The van der Waals surface area contributed by atoms with Gasteiger partial charge < -0.3 is 9.80 Å². The zero-order chi connectivity index (χ0) is 18.1. The minimum atomic E-state index is 0.138. The Balaban J connectivity index is 1.35. The Morgan fingerprint density at radius 2 is 1.88 bits per heavy atom. The molecule has 136 valence electrons. The molecular formula is C20H23ClN4O. The normalized spacial score (nSPS) is 20.3. The van der Waals surface area contributed by atoms with Crippen molar-refractivity contribution in [2.24, 2.45) is 0 Å². The second-order valence-electron chi connectivity index (χ2n) is 7.29. The van der Waals surface area contributed by atoms with Crippen LogP contribution in [0.2, 0.25) is 5.15 Å². The summed E-state index contributed by atoms with van der Waals surface area (Å²) in [6.07, 6.45) is 3.08. The van der Waals surface area contributed by atoms with Crippen molar-refractivity contribution in [1.29, 1.82) is 0 Å². The standard InChI is InChI=1S/C20H23ClN4O/c1-14-13-24(19-9-8-18(21)22-23-19)10-11-25(14)20(26)12-15-2-4-16(5-3-15)17-6-7-17/h2-5,8-9,14,17H,6-7,10-13H2,1H3/t14-/m0/s1. The number of nitrogens with zero attached hydrogens (tertiary/aromatic N) is 4. The number of benzene rings is 1. The highest BCUT2D eigenvalue weighted by molar-refractivity contribution is 6.29. The van der Waals surface area contributed by atoms with Gasteiger partial charge in [0.25, 0.3) is 0 Å². The second kappa shape index (κ2) is 7.23. The molecule has 1 aliphatic carbocycles. The van der Waals surface area contributed by atoms with Gasteiger partial charge in [-0.3, -0.25) is 4.79 Å². The van der Waals surface area contributed by atoms with Gasteiger partial charge in [0.05, 0.1) is 6.42 Å². The Morgan fingerprint density at radius 1 is 1.12 bits per heavy atom. The molecule has 0 bridgehead atoms. The molecule has 1 atom stereocenters. The summed E-state index contributed by atoms with van der Waals surface area (Å²) < 4.78 is 0. The lowest BCUT2D eigenvalue weighted by molar-refractivity contribution is -0.132. The lowest BCUT2D eigenvalue weighted by atomic mass is 10.0. The molecule has 1 saturated heterocycles. The van der Waals surface area contributed by atoms with Crippen LogP contribution >= 0.6 is 11.6 Å². The van der Waals surface area contributed by atoms with Gasteiger partial charge in [0.1, 0.15) is 0 Å². The average molecular weight is 371 g/mol. The van der Waals surface area contributed by atoms with E-state index in [1.165, 1.54) is 18.4 Å². The summed E-state index contributed by atoms with van der Waals surface area (Å²) in [5.41, 5.74) is 2.50. The molecule has 4 rings (SSSR count). The molecule has 2 heterocycles. The SMILES string of the molecule is C[C@H]1CN(c2ccc(Cl)nn2)CCN1C(=O)Cc1ccc(C2CC2)cc1. The van der Waals surface area contributed by atoms with E-state index in [9.17, 15) is 4.79 Å². The van der Waals surface area contributed by atoms with E-state index < -0.39 is 0 Å². The number of carbonyl (C=O) groups excluding carboxylic acids is 1. The topological polar surface area (TPSA) is 49.3 Å². The molecule has 0 radical (unpaired) electrons. The van der Waals surface area contributed by atoms with Gasteiger partial charge in [-0.2, -0.15) is 0 Å². The first-order valence-electron chi connectivity index (χ1n) is 9.22. The third kappa shape index (κ3) is 3.83. The van der Waals surface area contributed by atoms with E-state index in [-0.39, 0.29) is 11.9 Å². The number of carbonyl (C=O) groups is 1. The third-order valence-corrected chi connectivity index (χ3v) is 5.48. The van der Waals surface area contributed by atoms with Crippen LogP contribution in [-0.4, -0.2) is 46.7 Å². The van der Waals surface area contributed by atoms with Crippen LogP contribution in [0.4, 0.5) is 5.82 Å². The van der Waals surface area contributed by atoms with E-state index in [2.05, 4.69) is 46.3 Å². The quantitative estimate of drug-likeness (QED) is 0.828. The number of rotatable bonds is 4. The fourth-order valence-corrected chi connectivity index (χ4v) is 3.72. The molecule has 2 aromatic rings. The number of halogens is 1. The number of aromatic nitrogens is 2. The molecule has 0 N–H and O–H groups in total. The highest BCUT2D eigenvalue weighted by Crippen LogP contribution is 2.39. The minimum absolute atomic E-state index is 0.138. The van der Waals surface area contributed by atoms with Gasteiger partial charge in [0.15, 0.2) is 11.0 Å². The molecule has 0 unspecified atom stereocenters. The summed E-state index contributed by atoms with van der Waals surface area (Å²) in [5, 5.41) is 8.44. The molecule has 5 nitrogen and oxygen atoms in total. The Bertz CT molecular complexity index is 773. The lowest BCUT2D eigenvalue weighted by Gasteiger charge is -2.40. The van der Waals surface area contributed by atoms with Gasteiger partial charge in [0, 0.05) is 25.7 Å². The molecule has 1 aliphatic heterocycles. The van der Waals surface area contributed by atoms with Crippen LogP contribution < -0.4 is 4.90 Å². The Labute approximate surface area is 159 Å². The van der Waals surface area contributed by atoms with Crippen LogP contribution in [0.1, 0.15) is 36.8 Å². The fraction of sp³-hybridized carbons (Fsp3) is 0.450. The van der Waals surface area contributed by atoms with Crippen molar-refractivity contribution in [3.8, 4) is 0 Å². The first-order chi connectivity index (χ1) is 12.6. The van der Waals surface area contributed by atoms with Gasteiger partial charge >= 0.3 is 0 Å². The van der Waals surface area contributed by atoms with E-state index >= 15 is 0 Å². The molecule has 1 aromatic heterocycles. The summed E-state index contributed by atoms with van der Waals surface area (Å²) in [7, 11) is 0. The van der Waals surface area contributed by atoms with E-state index in [1.807, 2.05) is 11.0 Å². The van der Waals surface area contributed by atoms with Crippen LogP contribution in [-0.2, 0) is 11.2 Å². The molecule has 6 heteroatoms. The highest BCUT2D eigenvalue weighted by Gasteiger charge is 2.28. The van der Waals surface area contributed by atoms with Crippen LogP contribution in [0, 0.1) is 0 Å². The number of amides is 1. The van der Waals surface area contributed by atoms with Crippen LogP contribution in [0.3, 0.4) is 0 Å². The molecular weight excluding hydrogens is 348 g/mol. The summed E-state index contributed by atoms with van der Waals surface area (Å²) in [6.45, 7) is 4.30. The van der Waals surface area contributed by atoms with Crippen molar-refractivity contribution < 1.29 is 4.79 Å². The molecule has 1 aromatic carbocycles. The minimum Gasteiger partial charge on any atom is -0.351 e. The number of piperazine rings is 1. The maximum absolute atomic E-state index is 12.8. The van der Waals surface area contributed by atoms with Gasteiger partial charge in [-0.05, 0) is 48.9 Å². The monoisotopic (exact) mass is 370 g/mol. The Kier molecular flexibility index (Phi) is 4.81. The van der Waals surface area contributed by atoms with Crippen LogP contribution in [0.15, 0.2) is 36.4 Å². The maximum Gasteiger partial charge on any atom is 0.227 e. The fourth-order valence-electron chi connectivity index (χ4n) is 3.61. The van der Waals surface area contributed by atoms with Crippen molar-refractivity contribution in [3.63, 3.8) is 0 Å². The molecule has 0 spiro atoms. The highest BCUT2D eigenvalue weighted by atomic mass is 35.5. The predicted molar refractivity (Wildman–Crippen MR) is 103 cm³/mol. The van der Waals surface area contributed by atoms with E-state index in [1.54, 1.807) is 6.07 Å². The van der Waals surface area contributed by atoms with Gasteiger partial charge in [-0.1, -0.05) is 35.9 Å². The first-order valence-corrected chi connectivity index (χ1v) is 9.60. The molecule has 2 aliphatic rings. The maximum atomic E-state index is 12.8. The van der Waals surface area contributed by atoms with Crippen molar-refractivity contribution >= 4 is 23.3 Å². The van der Waals surface area contributed by atoms with Crippen molar-refractivity contribution in [1.82, 2.24) is 15.1 Å². The molecule has 1 saturated carbocycles. The molecule has 2 fully saturated rings.